The zero-order valence-corrected chi connectivity index (χ0v) is 19.5. The Morgan fingerprint density at radius 2 is 2.03 bits per heavy atom. The highest BCUT2D eigenvalue weighted by Gasteiger charge is 2.70. The van der Waals surface area contributed by atoms with Crippen molar-refractivity contribution in [1.82, 2.24) is 0 Å². The summed E-state index contributed by atoms with van der Waals surface area (Å²) in [6.45, 7) is 8.14. The van der Waals surface area contributed by atoms with Gasteiger partial charge in [-0.15, -0.1) is 11.5 Å². The van der Waals surface area contributed by atoms with Crippen LogP contribution in [0.4, 0.5) is 0 Å². The number of rotatable bonds is 4. The van der Waals surface area contributed by atoms with Gasteiger partial charge in [0.2, 0.25) is 0 Å². The molecule has 1 saturated heterocycles. The fraction of sp³-hybridized carbons (Fsp3) is 0.792. The van der Waals surface area contributed by atoms with E-state index in [1.807, 2.05) is 0 Å². The molecule has 2 bridgehead atoms. The van der Waals surface area contributed by atoms with Gasteiger partial charge in [0.05, 0.1) is 25.7 Å². The molecule has 4 atom stereocenters. The summed E-state index contributed by atoms with van der Waals surface area (Å²) in [5.41, 5.74) is 2.77. The third kappa shape index (κ3) is 3.42. The van der Waals surface area contributed by atoms with Crippen LogP contribution >= 0.6 is 0 Å². The van der Waals surface area contributed by atoms with Gasteiger partial charge in [0, 0.05) is 18.3 Å². The van der Waals surface area contributed by atoms with Gasteiger partial charge in [-0.1, -0.05) is 31.8 Å². The van der Waals surface area contributed by atoms with Crippen LogP contribution in [-0.2, 0) is 19.0 Å². The van der Waals surface area contributed by atoms with E-state index in [0.717, 1.165) is 44.9 Å². The SMILES string of the molecule is COC(=O)C1(CCCC#C[Si](C)(C)C)C=CC[C@@]23CCC(CC12)CC31OCCO1. The maximum Gasteiger partial charge on any atom is 0.315 e. The summed E-state index contributed by atoms with van der Waals surface area (Å²) in [4.78, 5) is 13.3. The molecule has 3 saturated carbocycles. The monoisotopic (exact) mass is 416 g/mol. The maximum absolute atomic E-state index is 13.3. The number of esters is 1. The minimum absolute atomic E-state index is 0.0864. The Labute approximate surface area is 176 Å². The molecule has 29 heavy (non-hydrogen) atoms. The summed E-state index contributed by atoms with van der Waals surface area (Å²) < 4.78 is 18.1. The predicted octanol–water partition coefficient (Wildman–Crippen LogP) is 4.71. The van der Waals surface area contributed by atoms with Gasteiger partial charge in [-0.2, -0.15) is 0 Å². The van der Waals surface area contributed by atoms with Gasteiger partial charge in [-0.3, -0.25) is 4.79 Å². The van der Waals surface area contributed by atoms with Gasteiger partial charge in [-0.25, -0.2) is 0 Å². The zero-order valence-electron chi connectivity index (χ0n) is 18.5. The highest BCUT2D eigenvalue weighted by atomic mass is 28.3. The molecule has 0 N–H and O–H groups in total. The number of carbonyl (C=O) groups is 1. The number of unbranched alkanes of at least 4 members (excludes halogenated alkanes) is 1. The van der Waals surface area contributed by atoms with E-state index in [0.29, 0.717) is 19.1 Å². The second kappa shape index (κ2) is 7.55. The fourth-order valence-electron chi connectivity index (χ4n) is 6.65. The van der Waals surface area contributed by atoms with Gasteiger partial charge in [0.25, 0.3) is 0 Å². The summed E-state index contributed by atoms with van der Waals surface area (Å²) in [7, 11) is 0.175. The molecule has 0 aromatic rings. The molecule has 2 spiro atoms. The van der Waals surface area contributed by atoms with Crippen LogP contribution in [0, 0.1) is 34.1 Å². The molecule has 5 rings (SSSR count). The molecule has 3 unspecified atom stereocenters. The van der Waals surface area contributed by atoms with Crippen molar-refractivity contribution in [2.45, 2.75) is 76.8 Å². The van der Waals surface area contributed by atoms with Gasteiger partial charge < -0.3 is 14.2 Å². The lowest BCUT2D eigenvalue weighted by atomic mass is 9.42. The van der Waals surface area contributed by atoms with Crippen molar-refractivity contribution in [2.75, 3.05) is 20.3 Å². The Bertz CT molecular complexity index is 736. The van der Waals surface area contributed by atoms with Crippen LogP contribution in [0.2, 0.25) is 19.6 Å². The lowest BCUT2D eigenvalue weighted by Gasteiger charge is -2.65. The Morgan fingerprint density at radius 1 is 1.28 bits per heavy atom. The largest absolute Gasteiger partial charge is 0.468 e. The van der Waals surface area contributed by atoms with Crippen LogP contribution in [-0.4, -0.2) is 40.2 Å². The third-order valence-corrected chi connectivity index (χ3v) is 8.67. The number of methoxy groups -OCH3 is 1. The second-order valence-electron chi connectivity index (χ2n) is 10.5. The first-order chi connectivity index (χ1) is 13.8. The van der Waals surface area contributed by atoms with E-state index in [2.05, 4.69) is 43.3 Å². The standard InChI is InChI=1S/C24H36O4Si/c1-26-21(25)22(10-6-5-7-16-29(2,3)4)11-8-12-23-13-9-19(17-20(22)23)18-24(23)27-14-15-28-24/h8,11,19-20H,5-6,9-10,12-15,17-18H2,1-4H3/t19?,20?,22?,23-/m1/s1. The smallest absolute Gasteiger partial charge is 0.315 e. The molecule has 4 aliphatic carbocycles. The first-order valence-electron chi connectivity index (χ1n) is 11.3. The van der Waals surface area contributed by atoms with E-state index >= 15 is 0 Å². The normalized spacial score (nSPS) is 37.1. The van der Waals surface area contributed by atoms with E-state index in [-0.39, 0.29) is 17.3 Å². The van der Waals surface area contributed by atoms with E-state index in [1.165, 1.54) is 13.5 Å². The van der Waals surface area contributed by atoms with E-state index in [9.17, 15) is 4.79 Å². The van der Waals surface area contributed by atoms with E-state index in [4.69, 9.17) is 14.2 Å². The Kier molecular flexibility index (Phi) is 5.51. The third-order valence-electron chi connectivity index (χ3n) is 7.74. The van der Waals surface area contributed by atoms with Crippen molar-refractivity contribution >= 4 is 14.0 Å². The summed E-state index contributed by atoms with van der Waals surface area (Å²) in [6, 6.07) is 0. The van der Waals surface area contributed by atoms with Crippen molar-refractivity contribution in [1.29, 1.82) is 0 Å². The van der Waals surface area contributed by atoms with Gasteiger partial charge >= 0.3 is 5.97 Å². The van der Waals surface area contributed by atoms with E-state index in [1.54, 1.807) is 0 Å². The van der Waals surface area contributed by atoms with Crippen LogP contribution in [0.5, 0.6) is 0 Å². The molecule has 160 valence electrons. The first-order valence-corrected chi connectivity index (χ1v) is 14.8. The van der Waals surface area contributed by atoms with Gasteiger partial charge in [0.15, 0.2) is 5.79 Å². The molecular weight excluding hydrogens is 380 g/mol. The van der Waals surface area contributed by atoms with Crippen molar-refractivity contribution < 1.29 is 19.0 Å². The molecule has 0 aromatic heterocycles. The molecule has 4 nitrogen and oxygen atoms in total. The highest BCUT2D eigenvalue weighted by Crippen LogP contribution is 2.69. The minimum atomic E-state index is -1.36. The molecule has 5 aliphatic rings. The number of carbonyl (C=O) groups excluding carboxylic acids is 1. The number of allylic oxidation sites excluding steroid dienone is 1. The summed E-state index contributed by atoms with van der Waals surface area (Å²) in [6.07, 6.45) is 12.3. The number of hydrogen-bond donors (Lipinski definition) is 0. The topological polar surface area (TPSA) is 44.8 Å². The summed E-state index contributed by atoms with van der Waals surface area (Å²) >= 11 is 0. The lowest BCUT2D eigenvalue weighted by Crippen LogP contribution is -2.66. The molecule has 4 fully saturated rings. The molecule has 1 aliphatic heterocycles. The van der Waals surface area contributed by atoms with Gasteiger partial charge in [0.1, 0.15) is 8.07 Å². The second-order valence-corrected chi connectivity index (χ2v) is 15.3. The lowest BCUT2D eigenvalue weighted by molar-refractivity contribution is -0.316. The van der Waals surface area contributed by atoms with Crippen molar-refractivity contribution in [3.8, 4) is 11.5 Å². The summed E-state index contributed by atoms with van der Waals surface area (Å²) in [5, 5.41) is 0. The quantitative estimate of drug-likeness (QED) is 0.219. The molecule has 0 radical (unpaired) electrons. The Balaban J connectivity index is 1.64. The molecule has 0 amide bonds. The number of fused-ring (bicyclic) bond motifs is 1. The summed E-state index contributed by atoms with van der Waals surface area (Å²) in [5.74, 6) is 3.59. The predicted molar refractivity (Wildman–Crippen MR) is 116 cm³/mol. The van der Waals surface area contributed by atoms with Crippen molar-refractivity contribution in [3.05, 3.63) is 12.2 Å². The van der Waals surface area contributed by atoms with Crippen LogP contribution in [0.1, 0.15) is 51.4 Å². The average Bonchev–Trinajstić information content (AvgIpc) is 3.15. The maximum atomic E-state index is 13.3. The number of hydrogen-bond acceptors (Lipinski definition) is 4. The van der Waals surface area contributed by atoms with Crippen LogP contribution in [0.3, 0.4) is 0 Å². The van der Waals surface area contributed by atoms with Gasteiger partial charge in [-0.05, 0) is 50.4 Å². The molecule has 0 aromatic carbocycles. The Morgan fingerprint density at radius 3 is 2.72 bits per heavy atom. The fourth-order valence-corrected chi connectivity index (χ4v) is 7.31. The van der Waals surface area contributed by atoms with E-state index < -0.39 is 19.3 Å². The first kappa shape index (κ1) is 21.2. The zero-order chi connectivity index (χ0) is 20.8. The van der Waals surface area contributed by atoms with Crippen molar-refractivity contribution in [3.63, 3.8) is 0 Å². The molecule has 5 heteroatoms. The van der Waals surface area contributed by atoms with Crippen LogP contribution < -0.4 is 0 Å². The molecular formula is C24H36O4Si. The minimum Gasteiger partial charge on any atom is -0.468 e. The highest BCUT2D eigenvalue weighted by molar-refractivity contribution is 6.83. The van der Waals surface area contributed by atoms with Crippen LogP contribution in [0.25, 0.3) is 0 Å². The Hall–Kier alpha value is -1.09. The average molecular weight is 417 g/mol. The molecule has 1 heterocycles. The number of ether oxygens (including phenoxy) is 3. The van der Waals surface area contributed by atoms with Crippen molar-refractivity contribution in [2.24, 2.45) is 22.7 Å². The van der Waals surface area contributed by atoms with Crippen LogP contribution in [0.15, 0.2) is 12.2 Å².